The lowest BCUT2D eigenvalue weighted by Crippen LogP contribution is -2.52. The topological polar surface area (TPSA) is 58.0 Å². The van der Waals surface area contributed by atoms with E-state index < -0.39 is 0 Å². The van der Waals surface area contributed by atoms with E-state index in [1.54, 1.807) is 11.9 Å². The minimum absolute atomic E-state index is 0.0896. The van der Waals surface area contributed by atoms with E-state index in [1.807, 2.05) is 30.3 Å². The number of morpholine rings is 1. The molecule has 6 heteroatoms. The van der Waals surface area contributed by atoms with E-state index in [2.05, 4.69) is 24.1 Å². The predicted octanol–water partition coefficient (Wildman–Crippen LogP) is 2.68. The molecule has 1 aromatic carbocycles. The highest BCUT2D eigenvalue weighted by atomic mass is 16.5. The molecule has 1 aliphatic heterocycles. The summed E-state index contributed by atoms with van der Waals surface area (Å²) in [7, 11) is 1.78. The fourth-order valence-electron chi connectivity index (χ4n) is 3.30. The minimum Gasteiger partial charge on any atom is -0.459 e. The van der Waals surface area contributed by atoms with Gasteiger partial charge in [-0.2, -0.15) is 0 Å². The Labute approximate surface area is 148 Å². The number of nitrogens with zero attached hydrogens (tertiary/aromatic N) is 2. The van der Waals surface area contributed by atoms with Crippen LogP contribution < -0.4 is 5.32 Å². The number of furan rings is 1. The Morgan fingerprint density at radius 3 is 3.00 bits per heavy atom. The number of urea groups is 1. The summed E-state index contributed by atoms with van der Waals surface area (Å²) in [6.45, 7) is 7.79. The molecule has 0 unspecified atom stereocenters. The number of fused-ring (bicyclic) bond motifs is 1. The van der Waals surface area contributed by atoms with Gasteiger partial charge < -0.3 is 19.4 Å². The number of hydrogen-bond donors (Lipinski definition) is 1. The first-order valence-electron chi connectivity index (χ1n) is 8.84. The van der Waals surface area contributed by atoms with Crippen LogP contribution in [0.4, 0.5) is 4.79 Å². The predicted molar refractivity (Wildman–Crippen MR) is 97.5 cm³/mol. The maximum absolute atomic E-state index is 12.4. The average Bonchev–Trinajstić information content (AvgIpc) is 3.01. The zero-order chi connectivity index (χ0) is 17.8. The Balaban J connectivity index is 1.50. The molecular formula is C19H27N3O3. The lowest BCUT2D eigenvalue weighted by Gasteiger charge is -2.38. The zero-order valence-electron chi connectivity index (χ0n) is 15.2. The van der Waals surface area contributed by atoms with Gasteiger partial charge in [-0.3, -0.25) is 4.90 Å². The molecule has 136 valence electrons. The van der Waals surface area contributed by atoms with E-state index in [-0.39, 0.29) is 12.1 Å². The molecule has 2 amide bonds. The molecule has 1 saturated heterocycles. The summed E-state index contributed by atoms with van der Waals surface area (Å²) in [5, 5.41) is 4.07. The van der Waals surface area contributed by atoms with Crippen LogP contribution in [0.2, 0.25) is 0 Å². The Kier molecular flexibility index (Phi) is 5.60. The second-order valence-electron chi connectivity index (χ2n) is 6.80. The molecule has 0 aliphatic carbocycles. The number of hydrogen-bond acceptors (Lipinski definition) is 4. The second-order valence-corrected chi connectivity index (χ2v) is 6.80. The molecule has 6 nitrogen and oxygen atoms in total. The maximum atomic E-state index is 12.4. The number of para-hydroxylation sites is 1. The summed E-state index contributed by atoms with van der Waals surface area (Å²) in [6, 6.07) is 10.4. The van der Waals surface area contributed by atoms with Crippen LogP contribution >= 0.6 is 0 Å². The maximum Gasteiger partial charge on any atom is 0.317 e. The SMILES string of the molecule is C[C@H](CNC(=O)N(C)Cc1cc2ccccc2o1)N1CCOC[C@H]1C. The molecule has 0 radical (unpaired) electrons. The van der Waals surface area contributed by atoms with Crippen LogP contribution in [-0.4, -0.2) is 61.3 Å². The van der Waals surface area contributed by atoms with Crippen molar-refractivity contribution in [3.05, 3.63) is 36.1 Å². The molecular weight excluding hydrogens is 318 g/mol. The number of ether oxygens (including phenoxy) is 1. The number of carbonyl (C=O) groups is 1. The van der Waals surface area contributed by atoms with Gasteiger partial charge in [-0.25, -0.2) is 4.79 Å². The molecule has 1 aromatic heterocycles. The van der Waals surface area contributed by atoms with E-state index in [4.69, 9.17) is 9.15 Å². The zero-order valence-corrected chi connectivity index (χ0v) is 15.2. The highest BCUT2D eigenvalue weighted by Crippen LogP contribution is 2.19. The van der Waals surface area contributed by atoms with E-state index in [9.17, 15) is 4.79 Å². The van der Waals surface area contributed by atoms with Crippen LogP contribution in [0.3, 0.4) is 0 Å². The second kappa shape index (κ2) is 7.89. The molecule has 0 saturated carbocycles. The van der Waals surface area contributed by atoms with E-state index in [0.29, 0.717) is 19.1 Å². The molecule has 1 fully saturated rings. The summed E-state index contributed by atoms with van der Waals surface area (Å²) < 4.78 is 11.2. The van der Waals surface area contributed by atoms with Gasteiger partial charge in [0.05, 0.1) is 19.8 Å². The largest absolute Gasteiger partial charge is 0.459 e. The fraction of sp³-hybridized carbons (Fsp3) is 0.526. The number of amides is 2. The Morgan fingerprint density at radius 1 is 1.44 bits per heavy atom. The van der Waals surface area contributed by atoms with Gasteiger partial charge in [0.1, 0.15) is 11.3 Å². The molecule has 25 heavy (non-hydrogen) atoms. The summed E-state index contributed by atoms with van der Waals surface area (Å²) in [5.74, 6) is 0.786. The molecule has 2 aromatic rings. The smallest absolute Gasteiger partial charge is 0.317 e. The number of rotatable bonds is 5. The van der Waals surface area contributed by atoms with Crippen molar-refractivity contribution in [3.8, 4) is 0 Å². The molecule has 1 aliphatic rings. The summed E-state index contributed by atoms with van der Waals surface area (Å²) in [4.78, 5) is 16.4. The quantitative estimate of drug-likeness (QED) is 0.905. The minimum atomic E-state index is -0.0896. The van der Waals surface area contributed by atoms with E-state index in [1.165, 1.54) is 0 Å². The van der Waals surface area contributed by atoms with Crippen LogP contribution in [0.25, 0.3) is 11.0 Å². The molecule has 1 N–H and O–H groups in total. The summed E-state index contributed by atoms with van der Waals surface area (Å²) in [5.41, 5.74) is 0.848. The highest BCUT2D eigenvalue weighted by molar-refractivity contribution is 5.78. The van der Waals surface area contributed by atoms with Crippen LogP contribution in [0.1, 0.15) is 19.6 Å². The molecule has 3 rings (SSSR count). The van der Waals surface area contributed by atoms with Gasteiger partial charge in [0.25, 0.3) is 0 Å². The third-order valence-electron chi connectivity index (χ3n) is 4.75. The Morgan fingerprint density at radius 2 is 2.24 bits per heavy atom. The average molecular weight is 345 g/mol. The first-order valence-corrected chi connectivity index (χ1v) is 8.84. The Hall–Kier alpha value is -2.05. The lowest BCUT2D eigenvalue weighted by atomic mass is 10.2. The van der Waals surface area contributed by atoms with Gasteiger partial charge in [-0.15, -0.1) is 0 Å². The summed E-state index contributed by atoms with van der Waals surface area (Å²) in [6.07, 6.45) is 0. The number of benzene rings is 1. The van der Waals surface area contributed by atoms with Crippen molar-refractivity contribution in [1.82, 2.24) is 15.1 Å². The lowest BCUT2D eigenvalue weighted by molar-refractivity contribution is -0.0177. The van der Waals surface area contributed by atoms with Crippen LogP contribution in [-0.2, 0) is 11.3 Å². The van der Waals surface area contributed by atoms with Crippen molar-refractivity contribution in [2.24, 2.45) is 0 Å². The number of nitrogens with one attached hydrogen (secondary N) is 1. The molecule has 2 atom stereocenters. The van der Waals surface area contributed by atoms with Gasteiger partial charge in [0.2, 0.25) is 0 Å². The molecule has 2 heterocycles. The number of carbonyl (C=O) groups excluding carboxylic acids is 1. The van der Waals surface area contributed by atoms with Gasteiger partial charge in [-0.1, -0.05) is 18.2 Å². The van der Waals surface area contributed by atoms with Gasteiger partial charge in [0, 0.05) is 37.6 Å². The molecule has 0 bridgehead atoms. The third-order valence-corrected chi connectivity index (χ3v) is 4.75. The standard InChI is InChI=1S/C19H27N3O3/c1-14(22-8-9-24-13-15(22)2)11-20-19(23)21(3)12-17-10-16-6-4-5-7-18(16)25-17/h4-7,10,14-15H,8-9,11-13H2,1-3H3,(H,20,23)/t14-,15-/m1/s1. The van der Waals surface area contributed by atoms with Crippen molar-refractivity contribution in [2.75, 3.05) is 33.4 Å². The first-order chi connectivity index (χ1) is 12.0. The monoisotopic (exact) mass is 345 g/mol. The van der Waals surface area contributed by atoms with Crippen LogP contribution in [0.5, 0.6) is 0 Å². The van der Waals surface area contributed by atoms with Crippen LogP contribution in [0, 0.1) is 0 Å². The van der Waals surface area contributed by atoms with Gasteiger partial charge in [-0.05, 0) is 26.0 Å². The van der Waals surface area contributed by atoms with Crippen molar-refractivity contribution in [1.29, 1.82) is 0 Å². The van der Waals surface area contributed by atoms with Crippen LogP contribution in [0.15, 0.2) is 34.7 Å². The highest BCUT2D eigenvalue weighted by Gasteiger charge is 2.24. The van der Waals surface area contributed by atoms with E-state index in [0.717, 1.165) is 36.5 Å². The van der Waals surface area contributed by atoms with Crippen molar-refractivity contribution in [2.45, 2.75) is 32.5 Å². The Bertz CT molecular complexity index is 682. The van der Waals surface area contributed by atoms with Gasteiger partial charge in [0.15, 0.2) is 0 Å². The first kappa shape index (κ1) is 17.8. The normalized spacial score (nSPS) is 19.7. The van der Waals surface area contributed by atoms with Crippen molar-refractivity contribution in [3.63, 3.8) is 0 Å². The van der Waals surface area contributed by atoms with Gasteiger partial charge >= 0.3 is 6.03 Å². The fourth-order valence-corrected chi connectivity index (χ4v) is 3.30. The molecule has 0 spiro atoms. The van der Waals surface area contributed by atoms with E-state index >= 15 is 0 Å². The summed E-state index contributed by atoms with van der Waals surface area (Å²) >= 11 is 0. The third kappa shape index (κ3) is 4.32. The van der Waals surface area contributed by atoms with Crippen molar-refractivity contribution < 1.29 is 13.9 Å². The van der Waals surface area contributed by atoms with Crippen molar-refractivity contribution >= 4 is 17.0 Å².